The van der Waals surface area contributed by atoms with Crippen molar-refractivity contribution in [2.24, 2.45) is 0 Å². The molecule has 7 heteroatoms. The minimum atomic E-state index is -0.414. The van der Waals surface area contributed by atoms with Gasteiger partial charge in [-0.25, -0.2) is 5.43 Å². The number of benzene rings is 2. The van der Waals surface area contributed by atoms with Crippen LogP contribution in [0, 0.1) is 0 Å². The number of carbonyl (C=O) groups is 2. The van der Waals surface area contributed by atoms with Gasteiger partial charge in [-0.15, -0.1) is 0 Å². The number of amides is 1. The van der Waals surface area contributed by atoms with Crippen LogP contribution in [0.4, 0.5) is 0 Å². The Balaban J connectivity index is 1.73. The molecular weight excluding hydrogens is 420 g/mol. The molecule has 0 radical (unpaired) electrons. The lowest BCUT2D eigenvalue weighted by atomic mass is 9.96. The molecule has 2 aromatic carbocycles. The van der Waals surface area contributed by atoms with Crippen LogP contribution in [-0.4, -0.2) is 35.2 Å². The quantitative estimate of drug-likeness (QED) is 0.290. The molecule has 166 valence electrons. The van der Waals surface area contributed by atoms with E-state index in [-0.39, 0.29) is 5.91 Å². The molecule has 1 amide bonds. The van der Waals surface area contributed by atoms with Crippen molar-refractivity contribution in [3.8, 4) is 11.1 Å². The predicted molar refractivity (Wildman–Crippen MR) is 130 cm³/mol. The number of pyridine rings is 1. The number of thioether (sulfide) groups is 1. The van der Waals surface area contributed by atoms with E-state index in [9.17, 15) is 9.59 Å². The molecule has 0 aliphatic heterocycles. The van der Waals surface area contributed by atoms with Crippen LogP contribution in [0.2, 0.25) is 0 Å². The largest absolute Gasteiger partial charge is 0.309 e. The van der Waals surface area contributed by atoms with Gasteiger partial charge in [0.05, 0.1) is 6.04 Å². The molecular formula is C25H28N4O2S. The second-order valence-corrected chi connectivity index (χ2v) is 8.31. The summed E-state index contributed by atoms with van der Waals surface area (Å²) < 4.78 is 0. The first kappa shape index (κ1) is 23.7. The van der Waals surface area contributed by atoms with E-state index in [1.54, 1.807) is 24.2 Å². The van der Waals surface area contributed by atoms with Crippen LogP contribution < -0.4 is 16.2 Å². The third-order valence-corrected chi connectivity index (χ3v) is 5.63. The van der Waals surface area contributed by atoms with E-state index in [1.165, 1.54) is 0 Å². The molecule has 0 fully saturated rings. The van der Waals surface area contributed by atoms with Gasteiger partial charge in [-0.3, -0.25) is 15.2 Å². The highest BCUT2D eigenvalue weighted by atomic mass is 32.2. The van der Waals surface area contributed by atoms with E-state index < -0.39 is 6.04 Å². The molecule has 3 N–H and O–H groups in total. The maximum Gasteiger partial charge on any atom is 0.266 e. The summed E-state index contributed by atoms with van der Waals surface area (Å²) in [6.07, 6.45) is 7.02. The fourth-order valence-electron chi connectivity index (χ4n) is 3.25. The van der Waals surface area contributed by atoms with Gasteiger partial charge in [-0.05, 0) is 64.9 Å². The molecule has 0 unspecified atom stereocenters. The number of nitrogens with zero attached hydrogens (tertiary/aromatic N) is 1. The SMILES string of the molecule is CSCC[C@H](C=O)NNC(=O)c1ccc(CNCc2ccncc2)cc1-c1ccccc1. The highest BCUT2D eigenvalue weighted by Gasteiger charge is 2.15. The van der Waals surface area contributed by atoms with E-state index in [1.807, 2.05) is 66.9 Å². The number of nitrogens with one attached hydrogen (secondary N) is 3. The highest BCUT2D eigenvalue weighted by molar-refractivity contribution is 7.98. The number of aromatic nitrogens is 1. The molecule has 6 nitrogen and oxygen atoms in total. The van der Waals surface area contributed by atoms with Gasteiger partial charge >= 0.3 is 0 Å². The lowest BCUT2D eigenvalue weighted by Crippen LogP contribution is -2.45. The Morgan fingerprint density at radius 2 is 1.78 bits per heavy atom. The predicted octanol–water partition coefficient (Wildman–Crippen LogP) is 3.59. The van der Waals surface area contributed by atoms with Gasteiger partial charge in [0, 0.05) is 31.0 Å². The Kier molecular flexibility index (Phi) is 9.43. The maximum atomic E-state index is 12.9. The van der Waals surface area contributed by atoms with E-state index in [2.05, 4.69) is 21.2 Å². The summed E-state index contributed by atoms with van der Waals surface area (Å²) >= 11 is 1.66. The molecule has 1 heterocycles. The Hall–Kier alpha value is -3.00. The number of hydrazine groups is 1. The second-order valence-electron chi connectivity index (χ2n) is 7.33. The van der Waals surface area contributed by atoms with Crippen LogP contribution in [-0.2, 0) is 17.9 Å². The van der Waals surface area contributed by atoms with Crippen molar-refractivity contribution in [3.05, 3.63) is 89.7 Å². The second kappa shape index (κ2) is 12.8. The molecule has 3 aromatic rings. The topological polar surface area (TPSA) is 83.1 Å². The molecule has 0 saturated carbocycles. The van der Waals surface area contributed by atoms with Crippen LogP contribution in [0.1, 0.15) is 27.9 Å². The van der Waals surface area contributed by atoms with Crippen molar-refractivity contribution in [2.75, 3.05) is 12.0 Å². The van der Waals surface area contributed by atoms with Crippen molar-refractivity contribution in [1.82, 2.24) is 21.2 Å². The zero-order chi connectivity index (χ0) is 22.6. The van der Waals surface area contributed by atoms with Crippen molar-refractivity contribution in [2.45, 2.75) is 25.6 Å². The Labute approximate surface area is 193 Å². The number of aldehydes is 1. The summed E-state index contributed by atoms with van der Waals surface area (Å²) in [6.45, 7) is 1.41. The molecule has 0 aliphatic carbocycles. The minimum absolute atomic E-state index is 0.267. The van der Waals surface area contributed by atoms with Crippen LogP contribution >= 0.6 is 11.8 Å². The number of carbonyl (C=O) groups excluding carboxylic acids is 2. The summed E-state index contributed by atoms with van der Waals surface area (Å²) in [4.78, 5) is 28.2. The summed E-state index contributed by atoms with van der Waals surface area (Å²) in [5, 5.41) is 3.43. The number of hydrogen-bond acceptors (Lipinski definition) is 6. The third kappa shape index (κ3) is 7.02. The first-order chi connectivity index (χ1) is 15.7. The van der Waals surface area contributed by atoms with Gasteiger partial charge in [-0.1, -0.05) is 36.4 Å². The summed E-state index contributed by atoms with van der Waals surface area (Å²) in [7, 11) is 0. The fraction of sp³-hybridized carbons (Fsp3) is 0.240. The van der Waals surface area contributed by atoms with E-state index in [0.717, 1.165) is 40.8 Å². The summed E-state index contributed by atoms with van der Waals surface area (Å²) in [5.74, 6) is 0.569. The van der Waals surface area contributed by atoms with Gasteiger partial charge in [0.1, 0.15) is 6.29 Å². The van der Waals surface area contributed by atoms with E-state index in [4.69, 9.17) is 0 Å². The van der Waals surface area contributed by atoms with E-state index in [0.29, 0.717) is 18.5 Å². The standard InChI is InChI=1S/C25H28N4O2S/c1-32-14-11-22(18-30)28-29-25(31)23-8-7-20(15-24(23)21-5-3-2-4-6-21)17-27-16-19-9-12-26-13-10-19/h2-10,12-13,15,18,22,27-28H,11,14,16-17H2,1H3,(H,29,31)/t22-/m1/s1. The molecule has 1 aromatic heterocycles. The van der Waals surface area contributed by atoms with Crippen LogP contribution in [0.25, 0.3) is 11.1 Å². The van der Waals surface area contributed by atoms with Crippen LogP contribution in [0.5, 0.6) is 0 Å². The molecule has 1 atom stereocenters. The van der Waals surface area contributed by atoms with Gasteiger partial charge < -0.3 is 10.1 Å². The molecule has 0 bridgehead atoms. The Morgan fingerprint density at radius 3 is 2.50 bits per heavy atom. The minimum Gasteiger partial charge on any atom is -0.309 e. The number of rotatable bonds is 12. The zero-order valence-corrected chi connectivity index (χ0v) is 18.9. The first-order valence-electron chi connectivity index (χ1n) is 10.5. The Morgan fingerprint density at radius 1 is 1.03 bits per heavy atom. The molecule has 0 spiro atoms. The van der Waals surface area contributed by atoms with Gasteiger partial charge in [0.2, 0.25) is 0 Å². The van der Waals surface area contributed by atoms with Crippen molar-refractivity contribution < 1.29 is 9.59 Å². The van der Waals surface area contributed by atoms with Crippen LogP contribution in [0.15, 0.2) is 73.1 Å². The van der Waals surface area contributed by atoms with Crippen molar-refractivity contribution >= 4 is 24.0 Å². The average Bonchev–Trinajstić information content (AvgIpc) is 2.85. The highest BCUT2D eigenvalue weighted by Crippen LogP contribution is 2.25. The van der Waals surface area contributed by atoms with Crippen LogP contribution in [0.3, 0.4) is 0 Å². The lowest BCUT2D eigenvalue weighted by Gasteiger charge is -2.16. The smallest absolute Gasteiger partial charge is 0.266 e. The van der Waals surface area contributed by atoms with Gasteiger partial charge in [0.15, 0.2) is 0 Å². The van der Waals surface area contributed by atoms with Gasteiger partial charge in [-0.2, -0.15) is 11.8 Å². The summed E-state index contributed by atoms with van der Waals surface area (Å²) in [6, 6.07) is 19.2. The average molecular weight is 449 g/mol. The zero-order valence-electron chi connectivity index (χ0n) is 18.1. The third-order valence-electron chi connectivity index (χ3n) is 4.99. The maximum absolute atomic E-state index is 12.9. The fourth-order valence-corrected chi connectivity index (χ4v) is 3.74. The van der Waals surface area contributed by atoms with E-state index >= 15 is 0 Å². The molecule has 32 heavy (non-hydrogen) atoms. The molecule has 0 saturated heterocycles. The summed E-state index contributed by atoms with van der Waals surface area (Å²) in [5.41, 5.74) is 10.2. The van der Waals surface area contributed by atoms with Crippen molar-refractivity contribution in [1.29, 1.82) is 0 Å². The number of hydrogen-bond donors (Lipinski definition) is 3. The Bertz CT molecular complexity index is 999. The van der Waals surface area contributed by atoms with Crippen molar-refractivity contribution in [3.63, 3.8) is 0 Å². The molecule has 3 rings (SSSR count). The monoisotopic (exact) mass is 448 g/mol. The van der Waals surface area contributed by atoms with Gasteiger partial charge in [0.25, 0.3) is 5.91 Å². The first-order valence-corrected chi connectivity index (χ1v) is 11.9. The normalized spacial score (nSPS) is 11.7. The lowest BCUT2D eigenvalue weighted by molar-refractivity contribution is -0.109. The molecule has 0 aliphatic rings.